The molecule has 108 valence electrons. The van der Waals surface area contributed by atoms with E-state index < -0.39 is 0 Å². The van der Waals surface area contributed by atoms with E-state index in [9.17, 15) is 4.79 Å². The van der Waals surface area contributed by atoms with Gasteiger partial charge in [-0.2, -0.15) is 0 Å². The van der Waals surface area contributed by atoms with Crippen molar-refractivity contribution in [1.29, 1.82) is 0 Å². The molecule has 0 saturated carbocycles. The first-order valence-corrected chi connectivity index (χ1v) is 7.22. The SMILES string of the molecule is COC(=O)Cc1csc(NC(CN(C)C)C(C)C)n1. The first-order valence-electron chi connectivity index (χ1n) is 6.34. The van der Waals surface area contributed by atoms with Crippen molar-refractivity contribution in [1.82, 2.24) is 9.88 Å². The predicted molar refractivity (Wildman–Crippen MR) is 78.6 cm³/mol. The van der Waals surface area contributed by atoms with Crippen molar-refractivity contribution in [2.45, 2.75) is 26.3 Å². The van der Waals surface area contributed by atoms with Crippen LogP contribution in [0.5, 0.6) is 0 Å². The van der Waals surface area contributed by atoms with Crippen LogP contribution < -0.4 is 5.32 Å². The van der Waals surface area contributed by atoms with Crippen LogP contribution in [-0.4, -0.2) is 49.6 Å². The highest BCUT2D eigenvalue weighted by Crippen LogP contribution is 2.19. The van der Waals surface area contributed by atoms with E-state index in [1.54, 1.807) is 0 Å². The summed E-state index contributed by atoms with van der Waals surface area (Å²) in [5, 5.41) is 6.19. The van der Waals surface area contributed by atoms with Crippen LogP contribution in [0.4, 0.5) is 5.13 Å². The third kappa shape index (κ3) is 5.57. The molecule has 0 aromatic carbocycles. The van der Waals surface area contributed by atoms with Crippen LogP contribution in [0.2, 0.25) is 0 Å². The number of anilines is 1. The maximum Gasteiger partial charge on any atom is 0.311 e. The van der Waals surface area contributed by atoms with Crippen molar-refractivity contribution in [3.63, 3.8) is 0 Å². The Labute approximate surface area is 119 Å². The number of rotatable bonds is 7. The monoisotopic (exact) mass is 285 g/mol. The number of thiazole rings is 1. The fraction of sp³-hybridized carbons (Fsp3) is 0.692. The Morgan fingerprint density at radius 2 is 2.21 bits per heavy atom. The number of carbonyl (C=O) groups excluding carboxylic acids is 1. The van der Waals surface area contributed by atoms with Crippen molar-refractivity contribution >= 4 is 22.4 Å². The van der Waals surface area contributed by atoms with E-state index in [4.69, 9.17) is 0 Å². The smallest absolute Gasteiger partial charge is 0.311 e. The summed E-state index contributed by atoms with van der Waals surface area (Å²) in [6.07, 6.45) is 0.231. The summed E-state index contributed by atoms with van der Waals surface area (Å²) in [7, 11) is 5.50. The Hall–Kier alpha value is -1.14. The average molecular weight is 285 g/mol. The molecule has 0 saturated heterocycles. The first kappa shape index (κ1) is 15.9. The van der Waals surface area contributed by atoms with Gasteiger partial charge in [-0.15, -0.1) is 11.3 Å². The number of carbonyl (C=O) groups is 1. The molecule has 19 heavy (non-hydrogen) atoms. The molecule has 1 N–H and O–H groups in total. The maximum absolute atomic E-state index is 11.2. The van der Waals surface area contributed by atoms with Crippen LogP contribution in [0.3, 0.4) is 0 Å². The number of nitrogens with one attached hydrogen (secondary N) is 1. The predicted octanol–water partition coefficient (Wildman–Crippen LogP) is 1.86. The Balaban J connectivity index is 2.62. The lowest BCUT2D eigenvalue weighted by Crippen LogP contribution is -2.36. The standard InChI is InChI=1S/C13H23N3O2S/c1-9(2)11(7-16(3)4)15-13-14-10(8-19-13)6-12(17)18-5/h8-9,11H,6-7H2,1-5H3,(H,14,15). The van der Waals surface area contributed by atoms with E-state index in [-0.39, 0.29) is 12.4 Å². The zero-order valence-corrected chi connectivity index (χ0v) is 13.1. The lowest BCUT2D eigenvalue weighted by Gasteiger charge is -2.25. The Morgan fingerprint density at radius 1 is 1.53 bits per heavy atom. The van der Waals surface area contributed by atoms with E-state index in [0.717, 1.165) is 17.4 Å². The van der Waals surface area contributed by atoms with Crippen molar-refractivity contribution in [2.24, 2.45) is 5.92 Å². The quantitative estimate of drug-likeness (QED) is 0.775. The molecule has 0 spiro atoms. The summed E-state index contributed by atoms with van der Waals surface area (Å²) in [5.74, 6) is 0.251. The molecule has 1 atom stereocenters. The Bertz CT molecular complexity index is 404. The summed E-state index contributed by atoms with van der Waals surface area (Å²) in [4.78, 5) is 17.8. The molecule has 0 amide bonds. The number of aromatic nitrogens is 1. The highest BCUT2D eigenvalue weighted by Gasteiger charge is 2.16. The number of nitrogens with zero attached hydrogens (tertiary/aromatic N) is 2. The molecule has 5 nitrogen and oxygen atoms in total. The maximum atomic E-state index is 11.2. The van der Waals surface area contributed by atoms with Crippen LogP contribution in [-0.2, 0) is 16.0 Å². The molecule has 0 fully saturated rings. The summed E-state index contributed by atoms with van der Waals surface area (Å²) < 4.78 is 4.63. The molecular weight excluding hydrogens is 262 g/mol. The summed E-state index contributed by atoms with van der Waals surface area (Å²) in [5.41, 5.74) is 0.756. The van der Waals surface area contributed by atoms with Crippen LogP contribution >= 0.6 is 11.3 Å². The van der Waals surface area contributed by atoms with Gasteiger partial charge in [0.1, 0.15) is 0 Å². The van der Waals surface area contributed by atoms with Crippen molar-refractivity contribution < 1.29 is 9.53 Å². The second kappa shape index (κ2) is 7.45. The van der Waals surface area contributed by atoms with Gasteiger partial charge in [0.15, 0.2) is 5.13 Å². The molecular formula is C13H23N3O2S. The van der Waals surface area contributed by atoms with Gasteiger partial charge in [-0.25, -0.2) is 4.98 Å². The van der Waals surface area contributed by atoms with Crippen molar-refractivity contribution in [2.75, 3.05) is 33.1 Å². The van der Waals surface area contributed by atoms with E-state index in [0.29, 0.717) is 12.0 Å². The molecule has 1 aromatic heterocycles. The Kier molecular flexibility index (Phi) is 6.24. The van der Waals surface area contributed by atoms with Gasteiger partial charge < -0.3 is 15.0 Å². The average Bonchev–Trinajstić information content (AvgIpc) is 2.74. The minimum absolute atomic E-state index is 0.231. The zero-order valence-electron chi connectivity index (χ0n) is 12.3. The summed E-state index contributed by atoms with van der Waals surface area (Å²) in [6.45, 7) is 5.32. The van der Waals surface area contributed by atoms with Gasteiger partial charge in [0.2, 0.25) is 0 Å². The summed E-state index contributed by atoms with van der Waals surface area (Å²) >= 11 is 1.53. The van der Waals surface area contributed by atoms with E-state index >= 15 is 0 Å². The minimum Gasteiger partial charge on any atom is -0.469 e. The minimum atomic E-state index is -0.259. The topological polar surface area (TPSA) is 54.5 Å². The highest BCUT2D eigenvalue weighted by molar-refractivity contribution is 7.13. The molecule has 1 aromatic rings. The van der Waals surface area contributed by atoms with E-state index in [2.05, 4.69) is 47.9 Å². The molecule has 1 rings (SSSR count). The van der Waals surface area contributed by atoms with Gasteiger partial charge in [-0.3, -0.25) is 4.79 Å². The fourth-order valence-electron chi connectivity index (χ4n) is 1.65. The van der Waals surface area contributed by atoms with Gasteiger partial charge in [0, 0.05) is 18.0 Å². The normalized spacial score (nSPS) is 12.8. The second-order valence-electron chi connectivity index (χ2n) is 5.15. The molecule has 0 bridgehead atoms. The van der Waals surface area contributed by atoms with Crippen LogP contribution in [0.25, 0.3) is 0 Å². The number of methoxy groups -OCH3 is 1. The second-order valence-corrected chi connectivity index (χ2v) is 6.01. The van der Waals surface area contributed by atoms with Gasteiger partial charge in [0.25, 0.3) is 0 Å². The molecule has 0 radical (unpaired) electrons. The largest absolute Gasteiger partial charge is 0.469 e. The van der Waals surface area contributed by atoms with E-state index in [1.807, 2.05) is 5.38 Å². The van der Waals surface area contributed by atoms with Gasteiger partial charge >= 0.3 is 5.97 Å². The molecule has 0 aliphatic heterocycles. The van der Waals surface area contributed by atoms with Crippen LogP contribution in [0, 0.1) is 5.92 Å². The van der Waals surface area contributed by atoms with Crippen molar-refractivity contribution in [3.05, 3.63) is 11.1 Å². The van der Waals surface area contributed by atoms with Crippen molar-refractivity contribution in [3.8, 4) is 0 Å². The number of likely N-dealkylation sites (N-methyl/N-ethyl adjacent to an activating group) is 1. The number of hydrogen-bond donors (Lipinski definition) is 1. The van der Waals surface area contributed by atoms with Gasteiger partial charge in [-0.1, -0.05) is 13.8 Å². The lowest BCUT2D eigenvalue weighted by molar-refractivity contribution is -0.139. The molecule has 0 aliphatic rings. The molecule has 0 aliphatic carbocycles. The highest BCUT2D eigenvalue weighted by atomic mass is 32.1. The summed E-state index contributed by atoms with van der Waals surface area (Å²) in [6, 6.07) is 0.340. The molecule has 1 heterocycles. The Morgan fingerprint density at radius 3 is 2.74 bits per heavy atom. The first-order chi connectivity index (χ1) is 8.92. The van der Waals surface area contributed by atoms with Crippen LogP contribution in [0.15, 0.2) is 5.38 Å². The van der Waals surface area contributed by atoms with Gasteiger partial charge in [-0.05, 0) is 20.0 Å². The fourth-order valence-corrected chi connectivity index (χ4v) is 2.42. The lowest BCUT2D eigenvalue weighted by atomic mass is 10.0. The number of hydrogen-bond acceptors (Lipinski definition) is 6. The third-order valence-corrected chi connectivity index (χ3v) is 3.60. The third-order valence-electron chi connectivity index (χ3n) is 2.78. The van der Waals surface area contributed by atoms with Crippen LogP contribution in [0.1, 0.15) is 19.5 Å². The zero-order chi connectivity index (χ0) is 14.4. The van der Waals surface area contributed by atoms with Gasteiger partial charge in [0.05, 0.1) is 19.2 Å². The molecule has 6 heteroatoms. The van der Waals surface area contributed by atoms with E-state index in [1.165, 1.54) is 18.4 Å². The molecule has 1 unspecified atom stereocenters. The number of esters is 1. The number of ether oxygens (including phenoxy) is 1.